The summed E-state index contributed by atoms with van der Waals surface area (Å²) in [5.41, 5.74) is 0. The fourth-order valence-electron chi connectivity index (χ4n) is 1.91. The van der Waals surface area contributed by atoms with Crippen molar-refractivity contribution >= 4 is 41.1 Å². The minimum atomic E-state index is -0.918. The topological polar surface area (TPSA) is 93.4 Å². The number of halogens is 1. The molecule has 2 rings (SSSR count). The molecule has 1 aromatic rings. The summed E-state index contributed by atoms with van der Waals surface area (Å²) < 4.78 is 4.14. The Morgan fingerprint density at radius 1 is 1.45 bits per heavy atom. The minimum absolute atomic E-state index is 0. The standard InChI is InChI=1S/C12H19N5O3S.ClH/c1-9(18)21-12(2,3)11(19)14-10-8-17(15-20-10)16-6-4-13-5-7-16;/h8,13H,4-7H2,1-3H3;1H. The fraction of sp³-hybridized carbons (Fsp3) is 0.667. The van der Waals surface area contributed by atoms with E-state index in [1.54, 1.807) is 24.8 Å². The van der Waals surface area contributed by atoms with Crippen LogP contribution in [0, 0.1) is 0 Å². The average Bonchev–Trinajstić information content (AvgIpc) is 2.87. The summed E-state index contributed by atoms with van der Waals surface area (Å²) in [7, 11) is 0. The largest absolute Gasteiger partial charge is 0.587 e. The lowest BCUT2D eigenvalue weighted by atomic mass is 10.2. The Labute approximate surface area is 139 Å². The van der Waals surface area contributed by atoms with Crippen LogP contribution in [0.1, 0.15) is 20.8 Å². The number of nitrogens with zero attached hydrogens (tertiary/aromatic N) is 4. The molecule has 22 heavy (non-hydrogen) atoms. The van der Waals surface area contributed by atoms with E-state index in [4.69, 9.17) is 4.52 Å². The lowest BCUT2D eigenvalue weighted by Gasteiger charge is -2.28. The number of aromatic nitrogens is 2. The third kappa shape index (κ3) is 4.85. The Bertz CT molecular complexity index is 531. The maximum atomic E-state index is 12.1. The van der Waals surface area contributed by atoms with Gasteiger partial charge in [-0.25, -0.2) is 0 Å². The highest BCUT2D eigenvalue weighted by molar-refractivity contribution is 8.15. The summed E-state index contributed by atoms with van der Waals surface area (Å²) in [6, 6.07) is 0. The summed E-state index contributed by atoms with van der Waals surface area (Å²) in [5.74, 6) is -0.290. The molecule has 8 nitrogen and oxygen atoms in total. The number of rotatable bonds is 4. The van der Waals surface area contributed by atoms with E-state index in [0.717, 1.165) is 37.9 Å². The van der Waals surface area contributed by atoms with Gasteiger partial charge in [0, 0.05) is 20.0 Å². The molecule has 1 amide bonds. The highest BCUT2D eigenvalue weighted by Crippen LogP contribution is 2.31. The van der Waals surface area contributed by atoms with Gasteiger partial charge in [0.25, 0.3) is 6.20 Å². The van der Waals surface area contributed by atoms with Crippen LogP contribution in [-0.2, 0) is 9.59 Å². The van der Waals surface area contributed by atoms with Crippen molar-refractivity contribution in [3.63, 3.8) is 0 Å². The summed E-state index contributed by atoms with van der Waals surface area (Å²) in [6.45, 7) is 8.08. The third-order valence-electron chi connectivity index (χ3n) is 2.95. The molecular formula is C12H20ClN5O3S. The second-order valence-electron chi connectivity index (χ2n) is 5.19. The average molecular weight is 350 g/mol. The van der Waals surface area contributed by atoms with E-state index in [0.29, 0.717) is 0 Å². The van der Waals surface area contributed by atoms with Gasteiger partial charge in [-0.1, -0.05) is 11.8 Å². The van der Waals surface area contributed by atoms with Crippen molar-refractivity contribution in [3.8, 4) is 0 Å². The number of piperazine rings is 1. The molecule has 10 heteroatoms. The van der Waals surface area contributed by atoms with Gasteiger partial charge in [0.05, 0.1) is 28.5 Å². The molecule has 0 radical (unpaired) electrons. The van der Waals surface area contributed by atoms with Crippen LogP contribution in [0.15, 0.2) is 10.7 Å². The molecule has 0 unspecified atom stereocenters. The molecule has 0 aromatic carbocycles. The first-order valence-corrected chi connectivity index (χ1v) is 7.50. The van der Waals surface area contributed by atoms with Gasteiger partial charge in [0.2, 0.25) is 5.27 Å². The lowest BCUT2D eigenvalue weighted by molar-refractivity contribution is -0.758. The quantitative estimate of drug-likeness (QED) is 0.792. The number of hydrogen-bond acceptors (Lipinski definition) is 7. The normalized spacial score (nSPS) is 15.1. The maximum absolute atomic E-state index is 12.1. The molecule has 0 aliphatic carbocycles. The van der Waals surface area contributed by atoms with Gasteiger partial charge in [-0.2, -0.15) is 5.01 Å². The number of carbonyl (C=O) groups excluding carboxylic acids is 2. The number of carbonyl (C=O) groups is 2. The molecule has 0 saturated carbocycles. The molecule has 124 valence electrons. The van der Waals surface area contributed by atoms with Crippen LogP contribution in [0.3, 0.4) is 0 Å². The Morgan fingerprint density at radius 3 is 2.68 bits per heavy atom. The van der Waals surface area contributed by atoms with E-state index in [-0.39, 0.29) is 23.4 Å². The molecule has 2 heterocycles. The second-order valence-corrected chi connectivity index (χ2v) is 6.98. The Morgan fingerprint density at radius 2 is 2.09 bits per heavy atom. The third-order valence-corrected chi connectivity index (χ3v) is 3.93. The Balaban J connectivity index is 0.00000242. The van der Waals surface area contributed by atoms with Gasteiger partial charge in [-0.15, -0.1) is 12.4 Å². The van der Waals surface area contributed by atoms with Gasteiger partial charge in [0.1, 0.15) is 5.88 Å². The SMILES string of the molecule is CC(=O)SC(C)(C)C(=O)[N-]c1c[n+](N2CCNCC2)no1.Cl. The molecule has 0 bridgehead atoms. The van der Waals surface area contributed by atoms with Crippen molar-refractivity contribution in [2.24, 2.45) is 0 Å². The van der Waals surface area contributed by atoms with Gasteiger partial charge in [-0.05, 0) is 13.8 Å². The number of nitrogens with one attached hydrogen (secondary N) is 1. The molecule has 1 aliphatic heterocycles. The summed E-state index contributed by atoms with van der Waals surface area (Å²) in [5, 5.41) is 12.8. The van der Waals surface area contributed by atoms with E-state index >= 15 is 0 Å². The number of thioether (sulfide) groups is 1. The zero-order valence-corrected chi connectivity index (χ0v) is 14.4. The van der Waals surface area contributed by atoms with E-state index in [1.807, 2.05) is 5.01 Å². The molecule has 0 spiro atoms. The summed E-state index contributed by atoms with van der Waals surface area (Å²) >= 11 is 0.949. The van der Waals surface area contributed by atoms with Crippen molar-refractivity contribution in [2.45, 2.75) is 25.5 Å². The van der Waals surface area contributed by atoms with Crippen LogP contribution in [0.2, 0.25) is 0 Å². The van der Waals surface area contributed by atoms with Crippen LogP contribution in [0.25, 0.3) is 5.32 Å². The van der Waals surface area contributed by atoms with E-state index < -0.39 is 10.7 Å². The van der Waals surface area contributed by atoms with Gasteiger partial charge in [0.15, 0.2) is 5.12 Å². The molecule has 1 fully saturated rings. The number of amides is 1. The molecule has 1 saturated heterocycles. The number of hydrogen-bond donors (Lipinski definition) is 1. The van der Waals surface area contributed by atoms with Crippen molar-refractivity contribution in [1.82, 2.24) is 10.6 Å². The minimum Gasteiger partial charge on any atom is -0.587 e. The van der Waals surface area contributed by atoms with Crippen LogP contribution >= 0.6 is 24.2 Å². The smallest absolute Gasteiger partial charge is 0.257 e. The first-order chi connectivity index (χ1) is 9.88. The first kappa shape index (κ1) is 18.7. The Kier molecular flexibility index (Phi) is 6.64. The van der Waals surface area contributed by atoms with Gasteiger partial charge >= 0.3 is 0 Å². The van der Waals surface area contributed by atoms with Gasteiger partial charge in [-0.3, -0.25) is 4.79 Å². The van der Waals surface area contributed by atoms with E-state index in [2.05, 4.69) is 15.9 Å². The maximum Gasteiger partial charge on any atom is 0.257 e. The Hall–Kier alpha value is -1.32. The van der Waals surface area contributed by atoms with Crippen LogP contribution in [-0.4, -0.2) is 47.2 Å². The van der Waals surface area contributed by atoms with Gasteiger partial charge < -0.3 is 20.0 Å². The molecule has 1 aliphatic rings. The summed E-state index contributed by atoms with van der Waals surface area (Å²) in [4.78, 5) is 24.8. The zero-order valence-electron chi connectivity index (χ0n) is 12.7. The van der Waals surface area contributed by atoms with Crippen molar-refractivity contribution in [3.05, 3.63) is 11.5 Å². The first-order valence-electron chi connectivity index (χ1n) is 6.69. The highest BCUT2D eigenvalue weighted by Gasteiger charge is 2.26. The zero-order chi connectivity index (χ0) is 15.5. The van der Waals surface area contributed by atoms with E-state index in [1.165, 1.54) is 6.92 Å². The predicted octanol–water partition coefficient (Wildman–Crippen LogP) is 0.515. The predicted molar refractivity (Wildman–Crippen MR) is 85.1 cm³/mol. The van der Waals surface area contributed by atoms with Crippen molar-refractivity contribution in [2.75, 3.05) is 31.2 Å². The van der Waals surface area contributed by atoms with E-state index in [9.17, 15) is 9.59 Å². The molecular weight excluding hydrogens is 330 g/mol. The summed E-state index contributed by atoms with van der Waals surface area (Å²) in [6.07, 6.45) is 1.57. The van der Waals surface area contributed by atoms with Crippen LogP contribution < -0.4 is 15.1 Å². The molecule has 0 atom stereocenters. The highest BCUT2D eigenvalue weighted by atomic mass is 35.5. The van der Waals surface area contributed by atoms with Crippen LogP contribution in [0.5, 0.6) is 0 Å². The van der Waals surface area contributed by atoms with Crippen molar-refractivity contribution < 1.29 is 18.9 Å². The van der Waals surface area contributed by atoms with Crippen molar-refractivity contribution in [1.29, 1.82) is 0 Å². The molecule has 1 aromatic heterocycles. The van der Waals surface area contributed by atoms with Crippen LogP contribution in [0.4, 0.5) is 5.88 Å². The lowest BCUT2D eigenvalue weighted by Crippen LogP contribution is -2.64. The monoisotopic (exact) mass is 349 g/mol. The second kappa shape index (κ2) is 7.80. The molecule has 1 N–H and O–H groups in total. The fourth-order valence-corrected chi connectivity index (χ4v) is 2.76.